The number of aryl methyl sites for hydroxylation is 1. The largest absolute Gasteiger partial charge is 0.338 e. The van der Waals surface area contributed by atoms with Crippen LogP contribution in [-0.4, -0.2) is 28.9 Å². The zero-order valence-electron chi connectivity index (χ0n) is 14.6. The normalized spacial score (nSPS) is 16.3. The summed E-state index contributed by atoms with van der Waals surface area (Å²) in [5.74, 6) is 0.732. The average molecular weight is 411 g/mol. The molecule has 0 bridgehead atoms. The summed E-state index contributed by atoms with van der Waals surface area (Å²) in [6.45, 7) is 2.05. The van der Waals surface area contributed by atoms with Crippen LogP contribution in [-0.2, 0) is 6.42 Å². The smallest absolute Gasteiger partial charge is 0.258 e. The van der Waals surface area contributed by atoms with Crippen LogP contribution in [0.3, 0.4) is 0 Å². The summed E-state index contributed by atoms with van der Waals surface area (Å²) in [7, 11) is 2.00. The molecule has 0 saturated heterocycles. The maximum atomic E-state index is 12.6. The number of hydrogen-bond donors (Lipinski definition) is 1. The van der Waals surface area contributed by atoms with Gasteiger partial charge in [-0.05, 0) is 30.2 Å². The van der Waals surface area contributed by atoms with Gasteiger partial charge in [0.15, 0.2) is 0 Å². The Kier molecular flexibility index (Phi) is 4.28. The van der Waals surface area contributed by atoms with E-state index in [0.29, 0.717) is 12.0 Å². The van der Waals surface area contributed by atoms with Crippen LogP contribution in [0.1, 0.15) is 21.5 Å². The lowest BCUT2D eigenvalue weighted by molar-refractivity contribution is 0.0928. The lowest BCUT2D eigenvalue weighted by atomic mass is 10.1. The third-order valence-electron chi connectivity index (χ3n) is 4.80. The molecule has 132 valence electrons. The topological polar surface area (TPSA) is 50.2 Å². The Labute approximate surface area is 160 Å². The molecule has 1 atom stereocenters. The van der Waals surface area contributed by atoms with Gasteiger partial charge < -0.3 is 10.2 Å². The Morgan fingerprint density at radius 3 is 2.65 bits per heavy atom. The fraction of sp³-hybridized carbons (Fsp3) is 0.200. The molecule has 26 heavy (non-hydrogen) atoms. The molecule has 5 nitrogen and oxygen atoms in total. The lowest BCUT2D eigenvalue weighted by Gasteiger charge is -2.35. The minimum Gasteiger partial charge on any atom is -0.338 e. The van der Waals surface area contributed by atoms with Gasteiger partial charge in [0.25, 0.3) is 5.91 Å². The van der Waals surface area contributed by atoms with Crippen molar-refractivity contribution in [1.82, 2.24) is 15.1 Å². The molecule has 2 heterocycles. The second-order valence-corrected chi connectivity index (χ2v) is 7.33. The highest BCUT2D eigenvalue weighted by Crippen LogP contribution is 2.30. The van der Waals surface area contributed by atoms with Gasteiger partial charge >= 0.3 is 0 Å². The van der Waals surface area contributed by atoms with Crippen LogP contribution in [0.2, 0.25) is 0 Å². The van der Waals surface area contributed by atoms with Crippen molar-refractivity contribution in [3.8, 4) is 5.69 Å². The third-order valence-corrected chi connectivity index (χ3v) is 5.58. The van der Waals surface area contributed by atoms with Crippen LogP contribution < -0.4 is 10.2 Å². The Hall–Kier alpha value is -2.60. The van der Waals surface area contributed by atoms with Crippen molar-refractivity contribution in [2.45, 2.75) is 19.5 Å². The molecule has 0 aliphatic carbocycles. The van der Waals surface area contributed by atoms with Crippen molar-refractivity contribution < 1.29 is 4.79 Å². The Bertz CT molecular complexity index is 981. The molecule has 1 amide bonds. The number of halogens is 1. The molecule has 6 heteroatoms. The van der Waals surface area contributed by atoms with Gasteiger partial charge in [-0.3, -0.25) is 4.79 Å². The van der Waals surface area contributed by atoms with Crippen molar-refractivity contribution >= 4 is 27.7 Å². The van der Waals surface area contributed by atoms with Gasteiger partial charge in [-0.25, -0.2) is 4.68 Å². The number of fused-ring (bicyclic) bond motifs is 1. The summed E-state index contributed by atoms with van der Waals surface area (Å²) in [6, 6.07) is 16.1. The number of hydrogen-bond acceptors (Lipinski definition) is 3. The Morgan fingerprint density at radius 2 is 1.88 bits per heavy atom. The number of amides is 1. The van der Waals surface area contributed by atoms with E-state index in [1.807, 2.05) is 61.1 Å². The first-order valence-corrected chi connectivity index (χ1v) is 9.26. The standard InChI is InChI=1S/C20H19BrN4O/c1-13-7-3-6-10-17(13)25-20-15(12-22-25)19(26)23-18(24(20)2)11-14-8-4-5-9-16(14)21/h3-10,12,18H,11H2,1-2H3,(H,23,26). The molecule has 0 radical (unpaired) electrons. The number of carbonyl (C=O) groups excluding carboxylic acids is 1. The predicted molar refractivity (Wildman–Crippen MR) is 106 cm³/mol. The maximum absolute atomic E-state index is 12.6. The molecule has 0 saturated carbocycles. The summed E-state index contributed by atoms with van der Waals surface area (Å²) >= 11 is 3.59. The van der Waals surface area contributed by atoms with Crippen LogP contribution >= 0.6 is 15.9 Å². The number of para-hydroxylation sites is 1. The van der Waals surface area contributed by atoms with Crippen LogP contribution in [0.5, 0.6) is 0 Å². The highest BCUT2D eigenvalue weighted by Gasteiger charge is 2.33. The zero-order chi connectivity index (χ0) is 18.3. The van der Waals surface area contributed by atoms with Crippen molar-refractivity contribution in [3.63, 3.8) is 0 Å². The van der Waals surface area contributed by atoms with E-state index in [-0.39, 0.29) is 12.1 Å². The first kappa shape index (κ1) is 16.8. The number of carbonyl (C=O) groups is 1. The average Bonchev–Trinajstić information content (AvgIpc) is 3.07. The number of aromatic nitrogens is 2. The van der Waals surface area contributed by atoms with Gasteiger partial charge in [0, 0.05) is 17.9 Å². The highest BCUT2D eigenvalue weighted by molar-refractivity contribution is 9.10. The predicted octanol–water partition coefficient (Wildman–Crippen LogP) is 3.69. The number of anilines is 1. The van der Waals surface area contributed by atoms with E-state index in [4.69, 9.17) is 0 Å². The number of nitrogens with zero attached hydrogens (tertiary/aromatic N) is 3. The molecule has 0 fully saturated rings. The van der Waals surface area contributed by atoms with Gasteiger partial charge in [-0.1, -0.05) is 52.3 Å². The second-order valence-electron chi connectivity index (χ2n) is 6.48. The van der Waals surface area contributed by atoms with Crippen LogP contribution in [0.4, 0.5) is 5.82 Å². The first-order chi connectivity index (χ1) is 12.6. The molecule has 1 aliphatic rings. The fourth-order valence-electron chi connectivity index (χ4n) is 3.35. The third kappa shape index (κ3) is 2.80. The number of likely N-dealkylation sites (N-methyl/N-ethyl adjacent to an activating group) is 1. The molecule has 0 spiro atoms. The molecule has 1 N–H and O–H groups in total. The first-order valence-electron chi connectivity index (χ1n) is 8.47. The number of benzene rings is 2. The number of nitrogens with one attached hydrogen (secondary N) is 1. The summed E-state index contributed by atoms with van der Waals surface area (Å²) < 4.78 is 2.90. The highest BCUT2D eigenvalue weighted by atomic mass is 79.9. The molecular weight excluding hydrogens is 392 g/mol. The Morgan fingerprint density at radius 1 is 1.15 bits per heavy atom. The lowest BCUT2D eigenvalue weighted by Crippen LogP contribution is -2.52. The monoisotopic (exact) mass is 410 g/mol. The molecule has 1 unspecified atom stereocenters. The summed E-state index contributed by atoms with van der Waals surface area (Å²) in [4.78, 5) is 14.7. The quantitative estimate of drug-likeness (QED) is 0.715. The van der Waals surface area contributed by atoms with Crippen molar-refractivity contribution in [1.29, 1.82) is 0 Å². The minimum absolute atomic E-state index is 0.0880. The van der Waals surface area contributed by atoms with E-state index in [1.54, 1.807) is 6.20 Å². The fourth-order valence-corrected chi connectivity index (χ4v) is 3.80. The maximum Gasteiger partial charge on any atom is 0.258 e. The summed E-state index contributed by atoms with van der Waals surface area (Å²) in [5, 5.41) is 7.58. The molecule has 1 aliphatic heterocycles. The van der Waals surface area contributed by atoms with Crippen LogP contribution in [0, 0.1) is 6.92 Å². The molecule has 2 aromatic carbocycles. The van der Waals surface area contributed by atoms with Gasteiger partial charge in [0.1, 0.15) is 17.5 Å². The SMILES string of the molecule is Cc1ccccc1-n1ncc2c1N(C)C(Cc1ccccc1Br)NC2=O. The molecule has 4 rings (SSSR count). The van der Waals surface area contributed by atoms with E-state index in [0.717, 1.165) is 27.1 Å². The van der Waals surface area contributed by atoms with Crippen molar-refractivity contribution in [2.75, 3.05) is 11.9 Å². The summed E-state index contributed by atoms with van der Waals surface area (Å²) in [6.07, 6.45) is 2.19. The van der Waals surface area contributed by atoms with Crippen molar-refractivity contribution in [3.05, 3.63) is 75.9 Å². The van der Waals surface area contributed by atoms with E-state index in [2.05, 4.69) is 37.3 Å². The van der Waals surface area contributed by atoms with E-state index >= 15 is 0 Å². The second kappa shape index (κ2) is 6.61. The zero-order valence-corrected chi connectivity index (χ0v) is 16.2. The van der Waals surface area contributed by atoms with E-state index in [9.17, 15) is 4.79 Å². The molecule has 3 aromatic rings. The van der Waals surface area contributed by atoms with E-state index < -0.39 is 0 Å². The molecular formula is C20H19BrN4O. The van der Waals surface area contributed by atoms with E-state index in [1.165, 1.54) is 0 Å². The van der Waals surface area contributed by atoms with Gasteiger partial charge in [0.2, 0.25) is 0 Å². The van der Waals surface area contributed by atoms with Gasteiger partial charge in [-0.2, -0.15) is 5.10 Å². The summed E-state index contributed by atoms with van der Waals surface area (Å²) in [5.41, 5.74) is 3.84. The molecule has 1 aromatic heterocycles. The Balaban J connectivity index is 1.74. The van der Waals surface area contributed by atoms with Gasteiger partial charge in [-0.15, -0.1) is 0 Å². The minimum atomic E-state index is -0.145. The van der Waals surface area contributed by atoms with Crippen LogP contribution in [0.15, 0.2) is 59.2 Å². The number of rotatable bonds is 3. The van der Waals surface area contributed by atoms with Crippen LogP contribution in [0.25, 0.3) is 5.69 Å². The van der Waals surface area contributed by atoms with Gasteiger partial charge in [0.05, 0.1) is 11.9 Å². The van der Waals surface area contributed by atoms with Crippen molar-refractivity contribution in [2.24, 2.45) is 0 Å².